The summed E-state index contributed by atoms with van der Waals surface area (Å²) in [6, 6.07) is 2.03. The van der Waals surface area contributed by atoms with Gasteiger partial charge >= 0.3 is 0 Å². The van der Waals surface area contributed by atoms with Crippen molar-refractivity contribution in [3.8, 4) is 6.07 Å². The number of hydrogen-bond donors (Lipinski definition) is 1. The van der Waals surface area contributed by atoms with Crippen molar-refractivity contribution in [1.29, 1.82) is 5.26 Å². The molecule has 2 N–H and O–H groups in total. The molecule has 0 unspecified atom stereocenters. The number of piperazine rings is 1. The smallest absolute Gasteiger partial charge is 0.226 e. The zero-order chi connectivity index (χ0) is 24.9. The molecule has 0 saturated carbocycles. The Morgan fingerprint density at radius 3 is 2.66 bits per heavy atom. The van der Waals surface area contributed by atoms with Gasteiger partial charge in [0.2, 0.25) is 5.95 Å². The number of thiophene rings is 1. The first-order valence-corrected chi connectivity index (χ1v) is 12.0. The Kier molecular flexibility index (Phi) is 6.01. The van der Waals surface area contributed by atoms with E-state index < -0.39 is 11.6 Å². The molecule has 10 heteroatoms. The fourth-order valence-corrected chi connectivity index (χ4v) is 5.66. The van der Waals surface area contributed by atoms with Crippen LogP contribution in [0.25, 0.3) is 22.3 Å². The van der Waals surface area contributed by atoms with Gasteiger partial charge in [-0.3, -0.25) is 0 Å². The zero-order valence-electron chi connectivity index (χ0n) is 19.5. The van der Waals surface area contributed by atoms with Crippen molar-refractivity contribution >= 4 is 44.6 Å². The van der Waals surface area contributed by atoms with Gasteiger partial charge in [0, 0.05) is 48.9 Å². The lowest BCUT2D eigenvalue weighted by Crippen LogP contribution is -2.45. The Labute approximate surface area is 205 Å². The lowest BCUT2D eigenvalue weighted by Gasteiger charge is -2.32. The molecule has 5 rings (SSSR count). The quantitative estimate of drug-likeness (QED) is 0.573. The van der Waals surface area contributed by atoms with Crippen LogP contribution in [0.5, 0.6) is 0 Å². The molecule has 1 saturated heterocycles. The molecule has 35 heavy (non-hydrogen) atoms. The molecular formula is C25H24F2N6OS. The summed E-state index contributed by atoms with van der Waals surface area (Å²) in [6.45, 7) is 9.30. The van der Waals surface area contributed by atoms with Crippen LogP contribution in [0.1, 0.15) is 39.6 Å². The van der Waals surface area contributed by atoms with Gasteiger partial charge in [-0.15, -0.1) is 11.3 Å². The predicted octanol–water partition coefficient (Wildman–Crippen LogP) is 4.46. The minimum absolute atomic E-state index is 0.0833. The van der Waals surface area contributed by atoms with Crippen LogP contribution in [0, 0.1) is 17.1 Å². The standard InChI is InChI=1S/C25H24F2N6OS/c1-4-18(26)23-20(14(9-28)24(29)35-23)13(2)19-17-12-34-11-16(17)15-10-30-25(31-22(15)21(19)27)33-7-5-32(3)6-8-33/h4,10H,2,5-8,11-12,29H2,1,3H3/b18-4+. The molecule has 2 aliphatic heterocycles. The molecule has 180 valence electrons. The van der Waals surface area contributed by atoms with Crippen LogP contribution in [-0.4, -0.2) is 48.1 Å². The van der Waals surface area contributed by atoms with Crippen LogP contribution >= 0.6 is 11.3 Å². The Balaban J connectivity index is 1.71. The summed E-state index contributed by atoms with van der Waals surface area (Å²) in [5.74, 6) is -0.682. The topological polar surface area (TPSA) is 91.3 Å². The molecule has 1 fully saturated rings. The first kappa shape index (κ1) is 23.4. The zero-order valence-corrected chi connectivity index (χ0v) is 20.3. The average molecular weight is 495 g/mol. The number of allylic oxidation sites excluding steroid dienone is 1. The van der Waals surface area contributed by atoms with Crippen LogP contribution in [0.15, 0.2) is 18.9 Å². The largest absolute Gasteiger partial charge is 0.389 e. The van der Waals surface area contributed by atoms with Gasteiger partial charge in [0.25, 0.3) is 0 Å². The third kappa shape index (κ3) is 3.76. The number of halogens is 2. The number of nitrogen functional groups attached to an aromatic ring is 1. The van der Waals surface area contributed by atoms with E-state index in [2.05, 4.69) is 28.5 Å². The molecule has 0 aliphatic carbocycles. The van der Waals surface area contributed by atoms with Gasteiger partial charge in [-0.1, -0.05) is 12.7 Å². The van der Waals surface area contributed by atoms with Gasteiger partial charge < -0.3 is 20.3 Å². The fraction of sp³-hybridized carbons (Fsp3) is 0.320. The Morgan fingerprint density at radius 1 is 1.26 bits per heavy atom. The second-order valence-corrected chi connectivity index (χ2v) is 9.69. The number of benzene rings is 1. The highest BCUT2D eigenvalue weighted by Crippen LogP contribution is 2.45. The highest BCUT2D eigenvalue weighted by Gasteiger charge is 2.31. The average Bonchev–Trinajstić information content (AvgIpc) is 3.48. The highest BCUT2D eigenvalue weighted by atomic mass is 32.1. The number of likely N-dealkylation sites (N-methyl/N-ethyl adjacent to an activating group) is 1. The van der Waals surface area contributed by atoms with Crippen LogP contribution in [0.4, 0.5) is 19.7 Å². The third-order valence-corrected chi connectivity index (χ3v) is 7.62. The number of anilines is 2. The molecule has 0 bridgehead atoms. The Bertz CT molecular complexity index is 1430. The lowest BCUT2D eigenvalue weighted by atomic mass is 9.89. The van der Waals surface area contributed by atoms with Gasteiger partial charge in [-0.05, 0) is 30.7 Å². The first-order chi connectivity index (χ1) is 16.8. The third-order valence-electron chi connectivity index (χ3n) is 6.59. The summed E-state index contributed by atoms with van der Waals surface area (Å²) in [5, 5.41) is 10.5. The second-order valence-electron chi connectivity index (χ2n) is 8.63. The summed E-state index contributed by atoms with van der Waals surface area (Å²) < 4.78 is 36.7. The molecule has 0 atom stereocenters. The van der Waals surface area contributed by atoms with Gasteiger partial charge in [0.05, 0.1) is 23.7 Å². The van der Waals surface area contributed by atoms with E-state index in [0.29, 0.717) is 16.9 Å². The maximum Gasteiger partial charge on any atom is 0.226 e. The van der Waals surface area contributed by atoms with Crippen molar-refractivity contribution in [2.24, 2.45) is 0 Å². The molecule has 2 aliphatic rings. The number of ether oxygens (including phenoxy) is 1. The van der Waals surface area contributed by atoms with Crippen molar-refractivity contribution < 1.29 is 13.5 Å². The number of nitriles is 1. The number of rotatable bonds is 4. The number of nitrogens with two attached hydrogens (primary N) is 1. The van der Waals surface area contributed by atoms with E-state index in [-0.39, 0.29) is 50.9 Å². The summed E-state index contributed by atoms with van der Waals surface area (Å²) in [7, 11) is 2.05. The molecule has 0 spiro atoms. The normalized spacial score (nSPS) is 16.5. The van der Waals surface area contributed by atoms with Gasteiger partial charge in [0.1, 0.15) is 22.4 Å². The molecule has 0 radical (unpaired) electrons. The van der Waals surface area contributed by atoms with Crippen LogP contribution in [0.2, 0.25) is 0 Å². The number of hydrogen-bond acceptors (Lipinski definition) is 8. The van der Waals surface area contributed by atoms with Crippen LogP contribution < -0.4 is 10.6 Å². The predicted molar refractivity (Wildman–Crippen MR) is 134 cm³/mol. The van der Waals surface area contributed by atoms with E-state index in [1.165, 1.54) is 6.08 Å². The van der Waals surface area contributed by atoms with Gasteiger partial charge in [0.15, 0.2) is 5.82 Å². The van der Waals surface area contributed by atoms with Crippen molar-refractivity contribution in [1.82, 2.24) is 14.9 Å². The number of fused-ring (bicyclic) bond motifs is 3. The van der Waals surface area contributed by atoms with E-state index in [1.54, 1.807) is 13.1 Å². The van der Waals surface area contributed by atoms with Crippen molar-refractivity contribution in [2.45, 2.75) is 20.1 Å². The molecular weight excluding hydrogens is 470 g/mol. The van der Waals surface area contributed by atoms with Crippen LogP contribution in [0.3, 0.4) is 0 Å². The summed E-state index contributed by atoms with van der Waals surface area (Å²) in [4.78, 5) is 13.5. The SMILES string of the molecule is C=C(c1c(/C(F)=C\C)sc(N)c1C#N)c1c2c(c3cnc(N4CCN(C)CC4)nc3c1F)COC2. The molecule has 7 nitrogen and oxygen atoms in total. The lowest BCUT2D eigenvalue weighted by molar-refractivity contribution is 0.134. The van der Waals surface area contributed by atoms with Crippen molar-refractivity contribution in [3.63, 3.8) is 0 Å². The van der Waals surface area contributed by atoms with E-state index in [9.17, 15) is 9.65 Å². The maximum atomic E-state index is 16.3. The molecule has 4 heterocycles. The van der Waals surface area contributed by atoms with E-state index in [4.69, 9.17) is 10.5 Å². The number of aromatic nitrogens is 2. The molecule has 3 aromatic rings. The van der Waals surface area contributed by atoms with Crippen molar-refractivity contribution in [2.75, 3.05) is 43.9 Å². The fourth-order valence-electron chi connectivity index (χ4n) is 4.65. The van der Waals surface area contributed by atoms with Gasteiger partial charge in [-0.2, -0.15) is 5.26 Å². The molecule has 2 aromatic heterocycles. The first-order valence-electron chi connectivity index (χ1n) is 11.2. The second kappa shape index (κ2) is 9.00. The Hall–Kier alpha value is -3.39. The Morgan fingerprint density at radius 2 is 1.97 bits per heavy atom. The van der Waals surface area contributed by atoms with Gasteiger partial charge in [-0.25, -0.2) is 18.7 Å². The molecule has 0 amide bonds. The van der Waals surface area contributed by atoms with Crippen molar-refractivity contribution in [3.05, 3.63) is 57.4 Å². The monoisotopic (exact) mass is 494 g/mol. The number of nitrogens with zero attached hydrogens (tertiary/aromatic N) is 5. The summed E-state index contributed by atoms with van der Waals surface area (Å²) in [6.07, 6.45) is 2.93. The highest BCUT2D eigenvalue weighted by molar-refractivity contribution is 7.17. The van der Waals surface area contributed by atoms with Crippen LogP contribution in [-0.2, 0) is 18.0 Å². The summed E-state index contributed by atoms with van der Waals surface area (Å²) in [5.41, 5.74) is 8.21. The maximum absolute atomic E-state index is 16.3. The minimum atomic E-state index is -0.590. The molecule has 1 aromatic carbocycles. The van der Waals surface area contributed by atoms with E-state index in [1.807, 2.05) is 11.0 Å². The van der Waals surface area contributed by atoms with E-state index >= 15 is 4.39 Å². The minimum Gasteiger partial charge on any atom is -0.389 e. The summed E-state index contributed by atoms with van der Waals surface area (Å²) >= 11 is 0.947. The van der Waals surface area contributed by atoms with E-state index in [0.717, 1.165) is 43.1 Å².